The number of para-hydroxylation sites is 1. The van der Waals surface area contributed by atoms with Crippen LogP contribution in [0.4, 0.5) is 10.1 Å². The minimum Gasteiger partial charge on any atom is -0.473 e. The van der Waals surface area contributed by atoms with Crippen LogP contribution in [0, 0.1) is 12.7 Å². The summed E-state index contributed by atoms with van der Waals surface area (Å²) in [6.45, 7) is 3.60. The fourth-order valence-corrected chi connectivity index (χ4v) is 2.81. The molecule has 0 unspecified atom stereocenters. The number of aryl methyl sites for hydroxylation is 1. The molecule has 1 aliphatic heterocycles. The van der Waals surface area contributed by atoms with Gasteiger partial charge in [-0.05, 0) is 31.9 Å². The maximum Gasteiger partial charge on any atom is 0.238 e. The van der Waals surface area contributed by atoms with Gasteiger partial charge in [-0.2, -0.15) is 0 Å². The van der Waals surface area contributed by atoms with Gasteiger partial charge < -0.3 is 10.1 Å². The highest BCUT2D eigenvalue weighted by atomic mass is 19.1. The third-order valence-electron chi connectivity index (χ3n) is 4.07. The van der Waals surface area contributed by atoms with Gasteiger partial charge in [-0.25, -0.2) is 9.37 Å². The summed E-state index contributed by atoms with van der Waals surface area (Å²) in [4.78, 5) is 22.5. The number of ether oxygens (including phenoxy) is 1. The second kappa shape index (κ2) is 8.02. The van der Waals surface area contributed by atoms with E-state index in [0.717, 1.165) is 31.6 Å². The van der Waals surface area contributed by atoms with E-state index in [1.165, 1.54) is 6.07 Å². The predicted molar refractivity (Wildman–Crippen MR) is 91.9 cm³/mol. The number of likely N-dealkylation sites (tertiary alicyclic amines) is 1. The number of benzene rings is 1. The summed E-state index contributed by atoms with van der Waals surface area (Å²) >= 11 is 0. The Morgan fingerprint density at radius 3 is 2.80 bits per heavy atom. The number of nitrogens with one attached hydrogen (secondary N) is 1. The molecule has 1 saturated heterocycles. The molecule has 1 aliphatic rings. The predicted octanol–water partition coefficient (Wildman–Crippen LogP) is 2.41. The molecule has 2 heterocycles. The quantitative estimate of drug-likeness (QED) is 0.902. The Hall–Kier alpha value is -2.54. The molecule has 1 N–H and O–H groups in total. The second-order valence-electron chi connectivity index (χ2n) is 6.12. The van der Waals surface area contributed by atoms with Crippen LogP contribution in [0.1, 0.15) is 18.5 Å². The smallest absolute Gasteiger partial charge is 0.238 e. The number of halogens is 1. The number of hydrogen-bond acceptors (Lipinski definition) is 5. The van der Waals surface area contributed by atoms with Crippen molar-refractivity contribution < 1.29 is 13.9 Å². The summed E-state index contributed by atoms with van der Waals surface area (Å²) in [6.07, 6.45) is 4.98. The molecule has 132 valence electrons. The molecular formula is C18H21FN4O2. The van der Waals surface area contributed by atoms with Gasteiger partial charge in [-0.1, -0.05) is 12.1 Å². The van der Waals surface area contributed by atoms with Gasteiger partial charge in [0.1, 0.15) is 11.9 Å². The topological polar surface area (TPSA) is 67.3 Å². The van der Waals surface area contributed by atoms with Gasteiger partial charge in [0, 0.05) is 19.3 Å². The van der Waals surface area contributed by atoms with Crippen molar-refractivity contribution in [2.75, 3.05) is 25.0 Å². The van der Waals surface area contributed by atoms with E-state index in [9.17, 15) is 9.18 Å². The monoisotopic (exact) mass is 344 g/mol. The number of carbonyl (C=O) groups is 1. The second-order valence-corrected chi connectivity index (χ2v) is 6.12. The van der Waals surface area contributed by atoms with Crippen molar-refractivity contribution in [3.05, 3.63) is 48.2 Å². The van der Waals surface area contributed by atoms with Crippen molar-refractivity contribution in [1.82, 2.24) is 14.9 Å². The zero-order valence-electron chi connectivity index (χ0n) is 14.1. The highest BCUT2D eigenvalue weighted by Gasteiger charge is 2.22. The highest BCUT2D eigenvalue weighted by Crippen LogP contribution is 2.17. The van der Waals surface area contributed by atoms with Crippen LogP contribution in [-0.4, -0.2) is 46.5 Å². The number of anilines is 1. The molecule has 0 radical (unpaired) electrons. The van der Waals surface area contributed by atoms with E-state index in [1.54, 1.807) is 30.6 Å². The number of amides is 1. The van der Waals surface area contributed by atoms with E-state index in [4.69, 9.17) is 4.74 Å². The van der Waals surface area contributed by atoms with Crippen molar-refractivity contribution in [2.45, 2.75) is 25.9 Å². The lowest BCUT2D eigenvalue weighted by molar-refractivity contribution is -0.117. The number of carbonyl (C=O) groups excluding carboxylic acids is 1. The molecule has 3 rings (SSSR count). The first kappa shape index (κ1) is 17.3. The average molecular weight is 344 g/mol. The Labute approximate surface area is 146 Å². The van der Waals surface area contributed by atoms with Crippen molar-refractivity contribution in [3.63, 3.8) is 0 Å². The van der Waals surface area contributed by atoms with Crippen LogP contribution in [0.2, 0.25) is 0 Å². The molecule has 2 aromatic rings. The van der Waals surface area contributed by atoms with Gasteiger partial charge in [0.05, 0.1) is 24.1 Å². The van der Waals surface area contributed by atoms with Crippen LogP contribution in [0.15, 0.2) is 36.7 Å². The molecule has 0 atom stereocenters. The fourth-order valence-electron chi connectivity index (χ4n) is 2.81. The number of nitrogens with zero attached hydrogens (tertiary/aromatic N) is 3. The van der Waals surface area contributed by atoms with Gasteiger partial charge in [0.2, 0.25) is 11.8 Å². The van der Waals surface area contributed by atoms with Crippen molar-refractivity contribution in [1.29, 1.82) is 0 Å². The third kappa shape index (κ3) is 4.96. The zero-order valence-corrected chi connectivity index (χ0v) is 14.1. The first-order chi connectivity index (χ1) is 12.1. The largest absolute Gasteiger partial charge is 0.473 e. The first-order valence-electron chi connectivity index (χ1n) is 8.32. The van der Waals surface area contributed by atoms with Gasteiger partial charge in [-0.3, -0.25) is 14.7 Å². The lowest BCUT2D eigenvalue weighted by Gasteiger charge is -2.31. The van der Waals surface area contributed by atoms with E-state index in [1.807, 2.05) is 11.8 Å². The molecule has 1 aromatic carbocycles. The van der Waals surface area contributed by atoms with Crippen molar-refractivity contribution in [3.8, 4) is 5.88 Å². The minimum atomic E-state index is -0.428. The van der Waals surface area contributed by atoms with Crippen LogP contribution in [0.25, 0.3) is 0 Å². The molecule has 6 nitrogen and oxygen atoms in total. The normalized spacial score (nSPS) is 15.8. The maximum absolute atomic E-state index is 13.6. The van der Waals surface area contributed by atoms with Gasteiger partial charge in [-0.15, -0.1) is 0 Å². The summed E-state index contributed by atoms with van der Waals surface area (Å²) in [6, 6.07) is 6.16. The Kier molecular flexibility index (Phi) is 5.55. The molecule has 0 bridgehead atoms. The molecule has 0 spiro atoms. The summed E-state index contributed by atoms with van der Waals surface area (Å²) in [5.41, 5.74) is 1.03. The van der Waals surface area contributed by atoms with Crippen LogP contribution in [0.5, 0.6) is 5.88 Å². The van der Waals surface area contributed by atoms with Crippen molar-refractivity contribution in [2.24, 2.45) is 0 Å². The Morgan fingerprint density at radius 1 is 1.32 bits per heavy atom. The van der Waals surface area contributed by atoms with Crippen LogP contribution >= 0.6 is 0 Å². The molecule has 0 aliphatic carbocycles. The average Bonchev–Trinajstić information content (AvgIpc) is 2.59. The molecule has 25 heavy (non-hydrogen) atoms. The lowest BCUT2D eigenvalue weighted by atomic mass is 10.1. The van der Waals surface area contributed by atoms with E-state index in [-0.39, 0.29) is 24.2 Å². The summed E-state index contributed by atoms with van der Waals surface area (Å²) in [7, 11) is 0. The number of piperidine rings is 1. The fraction of sp³-hybridized carbons (Fsp3) is 0.389. The van der Waals surface area contributed by atoms with Gasteiger partial charge in [0.25, 0.3) is 0 Å². The van der Waals surface area contributed by atoms with Crippen LogP contribution in [-0.2, 0) is 4.79 Å². The lowest BCUT2D eigenvalue weighted by Crippen LogP contribution is -2.42. The van der Waals surface area contributed by atoms with E-state index >= 15 is 0 Å². The standard InChI is InChI=1S/C18H21FN4O2/c1-13-10-20-11-18(21-13)25-14-6-8-23(9-7-14)12-17(24)22-16-5-3-2-4-15(16)19/h2-5,10-11,14H,6-9,12H2,1H3,(H,22,24). The molecule has 7 heteroatoms. The van der Waals surface area contributed by atoms with Gasteiger partial charge >= 0.3 is 0 Å². The zero-order chi connectivity index (χ0) is 17.6. The van der Waals surface area contributed by atoms with Crippen molar-refractivity contribution >= 4 is 11.6 Å². The Morgan fingerprint density at radius 2 is 2.08 bits per heavy atom. The first-order valence-corrected chi connectivity index (χ1v) is 8.32. The molecule has 1 amide bonds. The summed E-state index contributed by atoms with van der Waals surface area (Å²) in [5, 5.41) is 2.61. The van der Waals surface area contributed by atoms with Crippen LogP contribution < -0.4 is 10.1 Å². The minimum absolute atomic E-state index is 0.0713. The number of hydrogen-bond donors (Lipinski definition) is 1. The number of aromatic nitrogens is 2. The van der Waals surface area contributed by atoms with Crippen LogP contribution in [0.3, 0.4) is 0 Å². The Bertz CT molecular complexity index is 733. The van der Waals surface area contributed by atoms with E-state index in [0.29, 0.717) is 5.88 Å². The molecular weight excluding hydrogens is 323 g/mol. The molecule has 0 saturated carbocycles. The Balaban J connectivity index is 1.44. The molecule has 1 aromatic heterocycles. The number of rotatable bonds is 5. The summed E-state index contributed by atoms with van der Waals surface area (Å²) in [5.74, 6) is -0.105. The van der Waals surface area contributed by atoms with E-state index < -0.39 is 5.82 Å². The third-order valence-corrected chi connectivity index (χ3v) is 4.07. The van der Waals surface area contributed by atoms with E-state index in [2.05, 4.69) is 15.3 Å². The SMILES string of the molecule is Cc1cncc(OC2CCN(CC(=O)Nc3ccccc3F)CC2)n1. The molecule has 1 fully saturated rings. The summed E-state index contributed by atoms with van der Waals surface area (Å²) < 4.78 is 19.4. The van der Waals surface area contributed by atoms with Gasteiger partial charge in [0.15, 0.2) is 0 Å². The maximum atomic E-state index is 13.6. The highest BCUT2D eigenvalue weighted by molar-refractivity contribution is 5.92.